The van der Waals surface area contributed by atoms with Crippen molar-refractivity contribution >= 4 is 29.2 Å². The molecule has 0 saturated heterocycles. The molecular weight excluding hydrogens is 388 g/mol. The number of ether oxygens (including phenoxy) is 4. The lowest BCUT2D eigenvalue weighted by Crippen LogP contribution is -2.21. The van der Waals surface area contributed by atoms with Gasteiger partial charge in [-0.05, 0) is 18.2 Å². The van der Waals surface area contributed by atoms with E-state index in [1.54, 1.807) is 0 Å². The van der Waals surface area contributed by atoms with Crippen LogP contribution in [0.25, 0.3) is 0 Å². The van der Waals surface area contributed by atoms with Crippen molar-refractivity contribution < 1.29 is 28.5 Å². The third-order valence-electron chi connectivity index (χ3n) is 3.64. The lowest BCUT2D eigenvalue weighted by atomic mass is 10.1. The van der Waals surface area contributed by atoms with Crippen LogP contribution in [0.15, 0.2) is 30.3 Å². The summed E-state index contributed by atoms with van der Waals surface area (Å²) in [6.45, 7) is -0.576. The number of nitrogens with one attached hydrogen (secondary N) is 1. The fraction of sp³-hybridized carbons (Fsp3) is 0.211. The first-order chi connectivity index (χ1) is 13.4. The zero-order chi connectivity index (χ0) is 20.7. The molecule has 0 aliphatic rings. The van der Waals surface area contributed by atoms with Gasteiger partial charge in [0.25, 0.3) is 5.91 Å². The molecule has 0 radical (unpaired) electrons. The molecule has 0 atom stereocenters. The lowest BCUT2D eigenvalue weighted by molar-refractivity contribution is -0.119. The van der Waals surface area contributed by atoms with Crippen LogP contribution in [-0.4, -0.2) is 39.8 Å². The fourth-order valence-electron chi connectivity index (χ4n) is 2.30. The molecule has 0 aliphatic carbocycles. The molecule has 9 heteroatoms. The van der Waals surface area contributed by atoms with Crippen LogP contribution < -0.4 is 19.5 Å². The summed E-state index contributed by atoms with van der Waals surface area (Å²) in [4.78, 5) is 24.5. The number of amides is 1. The molecule has 0 aromatic heterocycles. The Bertz CT molecular complexity index is 939. The summed E-state index contributed by atoms with van der Waals surface area (Å²) in [5.41, 5.74) is 0.513. The smallest absolute Gasteiger partial charge is 0.342 e. The van der Waals surface area contributed by atoms with Gasteiger partial charge in [-0.15, -0.1) is 0 Å². The number of nitriles is 1. The van der Waals surface area contributed by atoms with E-state index in [0.29, 0.717) is 16.5 Å². The van der Waals surface area contributed by atoms with Crippen molar-refractivity contribution in [3.8, 4) is 23.3 Å². The van der Waals surface area contributed by atoms with Gasteiger partial charge >= 0.3 is 5.97 Å². The number of carbonyl (C=O) groups is 2. The number of halogens is 1. The quantitative estimate of drug-likeness (QED) is 0.706. The summed E-state index contributed by atoms with van der Waals surface area (Å²) in [5.74, 6) is -0.549. The van der Waals surface area contributed by atoms with E-state index in [-0.39, 0.29) is 22.6 Å². The molecule has 0 spiro atoms. The number of hydrogen-bond donors (Lipinski definition) is 1. The maximum absolute atomic E-state index is 12.4. The van der Waals surface area contributed by atoms with Crippen molar-refractivity contribution in [1.82, 2.24) is 0 Å². The molecule has 0 heterocycles. The topological polar surface area (TPSA) is 107 Å². The van der Waals surface area contributed by atoms with E-state index in [9.17, 15) is 9.59 Å². The Labute approximate surface area is 166 Å². The average Bonchev–Trinajstić information content (AvgIpc) is 2.71. The second kappa shape index (κ2) is 9.48. The van der Waals surface area contributed by atoms with E-state index in [2.05, 4.69) is 5.32 Å². The highest BCUT2D eigenvalue weighted by Crippen LogP contribution is 2.34. The summed E-state index contributed by atoms with van der Waals surface area (Å²) in [6, 6.07) is 9.22. The first-order valence-corrected chi connectivity index (χ1v) is 8.28. The number of anilines is 1. The number of nitrogens with zero attached hydrogens (tertiary/aromatic N) is 1. The largest absolute Gasteiger partial charge is 0.496 e. The molecule has 0 saturated carbocycles. The SMILES string of the molecule is COc1cc(OC)c(C(=O)OCC(=O)Nc2cc(Cl)ccc2C#N)cc1OC. The van der Waals surface area contributed by atoms with Crippen LogP contribution in [0.4, 0.5) is 5.69 Å². The van der Waals surface area contributed by atoms with Crippen LogP contribution in [0.2, 0.25) is 5.02 Å². The van der Waals surface area contributed by atoms with Crippen LogP contribution >= 0.6 is 11.6 Å². The van der Waals surface area contributed by atoms with Gasteiger partial charge in [0.2, 0.25) is 0 Å². The van der Waals surface area contributed by atoms with Gasteiger partial charge in [0.1, 0.15) is 17.4 Å². The molecule has 2 rings (SSSR count). The number of hydrogen-bond acceptors (Lipinski definition) is 7. The van der Waals surface area contributed by atoms with Gasteiger partial charge in [0.05, 0.1) is 32.6 Å². The van der Waals surface area contributed by atoms with Gasteiger partial charge in [-0.3, -0.25) is 4.79 Å². The van der Waals surface area contributed by atoms with Gasteiger partial charge in [0, 0.05) is 17.2 Å². The Morgan fingerprint density at radius 1 is 1.04 bits per heavy atom. The fourth-order valence-corrected chi connectivity index (χ4v) is 2.47. The molecule has 8 nitrogen and oxygen atoms in total. The van der Waals surface area contributed by atoms with E-state index in [4.69, 9.17) is 35.8 Å². The monoisotopic (exact) mass is 404 g/mol. The number of benzene rings is 2. The number of carbonyl (C=O) groups excluding carboxylic acids is 2. The third-order valence-corrected chi connectivity index (χ3v) is 3.87. The van der Waals surface area contributed by atoms with Gasteiger partial charge < -0.3 is 24.3 Å². The molecule has 0 unspecified atom stereocenters. The normalized spacial score (nSPS) is 9.82. The van der Waals surface area contributed by atoms with E-state index >= 15 is 0 Å². The Kier molecular flexibility index (Phi) is 7.07. The predicted molar refractivity (Wildman–Crippen MR) is 101 cm³/mol. The van der Waals surface area contributed by atoms with E-state index in [1.807, 2.05) is 6.07 Å². The van der Waals surface area contributed by atoms with Crippen LogP contribution in [0, 0.1) is 11.3 Å². The van der Waals surface area contributed by atoms with Crippen LogP contribution in [0.5, 0.6) is 17.2 Å². The summed E-state index contributed by atoms with van der Waals surface area (Å²) in [7, 11) is 4.25. The first kappa shape index (κ1) is 20.9. The predicted octanol–water partition coefficient (Wildman–Crippen LogP) is 3.03. The maximum atomic E-state index is 12.4. The molecule has 1 amide bonds. The van der Waals surface area contributed by atoms with Crippen LogP contribution in [0.3, 0.4) is 0 Å². The van der Waals surface area contributed by atoms with Crippen LogP contribution in [0.1, 0.15) is 15.9 Å². The van der Waals surface area contributed by atoms with Crippen molar-refractivity contribution in [2.24, 2.45) is 0 Å². The summed E-state index contributed by atoms with van der Waals surface area (Å²) >= 11 is 5.87. The minimum atomic E-state index is -0.792. The average molecular weight is 405 g/mol. The minimum absolute atomic E-state index is 0.0634. The van der Waals surface area contributed by atoms with Crippen molar-refractivity contribution in [3.63, 3.8) is 0 Å². The molecule has 28 heavy (non-hydrogen) atoms. The third kappa shape index (κ3) is 4.84. The number of methoxy groups -OCH3 is 3. The second-order valence-corrected chi connectivity index (χ2v) is 5.77. The molecule has 146 valence electrons. The van der Waals surface area contributed by atoms with E-state index in [0.717, 1.165) is 0 Å². The lowest BCUT2D eigenvalue weighted by Gasteiger charge is -2.13. The first-order valence-electron chi connectivity index (χ1n) is 7.90. The highest BCUT2D eigenvalue weighted by molar-refractivity contribution is 6.31. The second-order valence-electron chi connectivity index (χ2n) is 5.33. The Morgan fingerprint density at radius 3 is 2.29 bits per heavy atom. The Morgan fingerprint density at radius 2 is 1.68 bits per heavy atom. The van der Waals surface area contributed by atoms with Gasteiger partial charge in [0.15, 0.2) is 18.1 Å². The maximum Gasteiger partial charge on any atom is 0.342 e. The van der Waals surface area contributed by atoms with Crippen molar-refractivity contribution in [2.75, 3.05) is 33.3 Å². The van der Waals surface area contributed by atoms with E-state index < -0.39 is 18.5 Å². The van der Waals surface area contributed by atoms with Crippen molar-refractivity contribution in [3.05, 3.63) is 46.5 Å². The van der Waals surface area contributed by atoms with Gasteiger partial charge in [-0.2, -0.15) is 5.26 Å². The Balaban J connectivity index is 2.11. The molecule has 0 fully saturated rings. The molecule has 2 aromatic carbocycles. The zero-order valence-electron chi connectivity index (χ0n) is 15.4. The van der Waals surface area contributed by atoms with Crippen molar-refractivity contribution in [1.29, 1.82) is 5.26 Å². The highest BCUT2D eigenvalue weighted by atomic mass is 35.5. The standard InChI is InChI=1S/C19H17ClN2O6/c1-25-15-8-17(27-3)16(26-2)7-13(15)19(24)28-10-18(23)22-14-6-12(20)5-4-11(14)9-21/h4-8H,10H2,1-3H3,(H,22,23). The Hall–Kier alpha value is -3.44. The summed E-state index contributed by atoms with van der Waals surface area (Å²) in [5, 5.41) is 11.9. The summed E-state index contributed by atoms with van der Waals surface area (Å²) in [6.07, 6.45) is 0. The molecule has 0 bridgehead atoms. The van der Waals surface area contributed by atoms with Crippen molar-refractivity contribution in [2.45, 2.75) is 0 Å². The van der Waals surface area contributed by atoms with Gasteiger partial charge in [-0.1, -0.05) is 11.6 Å². The minimum Gasteiger partial charge on any atom is -0.496 e. The molecule has 1 N–H and O–H groups in total. The van der Waals surface area contributed by atoms with Crippen LogP contribution in [-0.2, 0) is 9.53 Å². The van der Waals surface area contributed by atoms with Gasteiger partial charge in [-0.25, -0.2) is 4.79 Å². The summed E-state index contributed by atoms with van der Waals surface area (Å²) < 4.78 is 20.5. The molecular formula is C19H17ClN2O6. The number of rotatable bonds is 7. The molecule has 2 aromatic rings. The highest BCUT2D eigenvalue weighted by Gasteiger charge is 2.20. The van der Waals surface area contributed by atoms with E-state index in [1.165, 1.54) is 51.7 Å². The molecule has 0 aliphatic heterocycles. The zero-order valence-corrected chi connectivity index (χ0v) is 16.1. The number of esters is 1.